The molecule has 8 heteroatoms. The number of hydrogen-bond donors (Lipinski definition) is 1. The number of halogens is 2. The van der Waals surface area contributed by atoms with Gasteiger partial charge in [0.25, 0.3) is 5.91 Å². The van der Waals surface area contributed by atoms with E-state index in [1.54, 1.807) is 53.3 Å². The number of carbonyl (C=O) groups is 2. The molecule has 0 aliphatic heterocycles. The second-order valence-corrected chi connectivity index (χ2v) is 6.78. The fourth-order valence-corrected chi connectivity index (χ4v) is 3.15. The lowest BCUT2D eigenvalue weighted by molar-refractivity contribution is -0.116. The van der Waals surface area contributed by atoms with Crippen molar-refractivity contribution in [3.05, 3.63) is 76.5 Å². The van der Waals surface area contributed by atoms with Crippen LogP contribution in [-0.2, 0) is 4.79 Å². The molecule has 0 spiro atoms. The Hall–Kier alpha value is -2.83. The summed E-state index contributed by atoms with van der Waals surface area (Å²) in [6.45, 7) is 2.08. The van der Waals surface area contributed by atoms with Crippen LogP contribution in [0.5, 0.6) is 0 Å². The van der Waals surface area contributed by atoms with Crippen molar-refractivity contribution in [3.63, 3.8) is 0 Å². The van der Waals surface area contributed by atoms with Gasteiger partial charge in [-0.1, -0.05) is 29.3 Å². The Morgan fingerprint density at radius 2 is 1.75 bits per heavy atom. The van der Waals surface area contributed by atoms with Crippen molar-refractivity contribution in [3.8, 4) is 5.69 Å². The van der Waals surface area contributed by atoms with Crippen LogP contribution in [0.1, 0.15) is 17.3 Å². The zero-order chi connectivity index (χ0) is 20.1. The van der Waals surface area contributed by atoms with Crippen LogP contribution < -0.4 is 5.32 Å². The summed E-state index contributed by atoms with van der Waals surface area (Å²) in [5, 5.41) is 7.50. The van der Waals surface area contributed by atoms with Gasteiger partial charge in [0.05, 0.1) is 21.4 Å². The number of amides is 2. The molecular formula is C20H18Cl2N4O2. The number of aromatic nitrogens is 2. The number of para-hydroxylation sites is 1. The van der Waals surface area contributed by atoms with Crippen molar-refractivity contribution in [2.45, 2.75) is 6.92 Å². The Bertz CT molecular complexity index is 952. The van der Waals surface area contributed by atoms with Crippen LogP contribution in [0.15, 0.2) is 60.9 Å². The number of benzene rings is 2. The molecule has 144 valence electrons. The van der Waals surface area contributed by atoms with Crippen LogP contribution in [0.2, 0.25) is 10.0 Å². The minimum absolute atomic E-state index is 0.113. The Balaban J connectivity index is 1.68. The van der Waals surface area contributed by atoms with Crippen LogP contribution in [0.25, 0.3) is 5.69 Å². The van der Waals surface area contributed by atoms with E-state index in [4.69, 9.17) is 23.2 Å². The van der Waals surface area contributed by atoms with Gasteiger partial charge in [-0.2, -0.15) is 5.10 Å². The third-order valence-corrected chi connectivity index (χ3v) is 4.74. The number of nitrogens with one attached hydrogen (secondary N) is 1. The average Bonchev–Trinajstić information content (AvgIpc) is 3.23. The molecule has 0 aliphatic rings. The summed E-state index contributed by atoms with van der Waals surface area (Å²) >= 11 is 12.1. The van der Waals surface area contributed by atoms with Gasteiger partial charge in [-0.25, -0.2) is 4.68 Å². The predicted molar refractivity (Wildman–Crippen MR) is 110 cm³/mol. The fourth-order valence-electron chi connectivity index (χ4n) is 2.66. The molecule has 1 N–H and O–H groups in total. The molecule has 0 saturated heterocycles. The number of likely N-dealkylation sites (N-methyl/N-ethyl adjacent to an activating group) is 1. The van der Waals surface area contributed by atoms with Crippen LogP contribution >= 0.6 is 23.2 Å². The summed E-state index contributed by atoms with van der Waals surface area (Å²) in [5.74, 6) is -0.617. The number of anilines is 1. The largest absolute Gasteiger partial charge is 0.330 e. The SMILES string of the molecule is CCN(CC(=O)Nc1c(Cl)cccc1Cl)C(=O)c1ccc(-n2cccn2)cc1. The molecule has 2 aromatic carbocycles. The lowest BCUT2D eigenvalue weighted by Gasteiger charge is -2.21. The molecule has 0 fully saturated rings. The molecule has 0 radical (unpaired) electrons. The summed E-state index contributed by atoms with van der Waals surface area (Å²) < 4.78 is 1.70. The molecule has 3 aromatic rings. The van der Waals surface area contributed by atoms with Crippen LogP contribution in [0.4, 0.5) is 5.69 Å². The monoisotopic (exact) mass is 416 g/mol. The van der Waals surface area contributed by atoms with Gasteiger partial charge in [0.2, 0.25) is 5.91 Å². The second-order valence-electron chi connectivity index (χ2n) is 5.96. The Kier molecular flexibility index (Phi) is 6.34. The number of hydrogen-bond acceptors (Lipinski definition) is 3. The van der Waals surface area contributed by atoms with Crippen molar-refractivity contribution in [2.75, 3.05) is 18.4 Å². The summed E-state index contributed by atoms with van der Waals surface area (Å²) in [7, 11) is 0. The van der Waals surface area contributed by atoms with Gasteiger partial charge < -0.3 is 10.2 Å². The first-order chi connectivity index (χ1) is 13.5. The molecule has 3 rings (SSSR count). The molecule has 2 amide bonds. The molecule has 1 aromatic heterocycles. The van der Waals surface area contributed by atoms with E-state index >= 15 is 0 Å². The van der Waals surface area contributed by atoms with Gasteiger partial charge in [-0.05, 0) is 49.4 Å². The van der Waals surface area contributed by atoms with Crippen molar-refractivity contribution in [2.24, 2.45) is 0 Å². The normalized spacial score (nSPS) is 10.5. The van der Waals surface area contributed by atoms with Gasteiger partial charge in [0.1, 0.15) is 6.54 Å². The zero-order valence-corrected chi connectivity index (χ0v) is 16.6. The maximum Gasteiger partial charge on any atom is 0.254 e. The Labute approximate surface area is 172 Å². The molecule has 0 atom stereocenters. The van der Waals surface area contributed by atoms with Gasteiger partial charge in [-0.3, -0.25) is 9.59 Å². The van der Waals surface area contributed by atoms with E-state index < -0.39 is 0 Å². The van der Waals surface area contributed by atoms with Crippen LogP contribution in [0, 0.1) is 0 Å². The van der Waals surface area contributed by atoms with Crippen LogP contribution in [0.3, 0.4) is 0 Å². The first kappa shape index (κ1) is 19.9. The van der Waals surface area contributed by atoms with E-state index in [2.05, 4.69) is 10.4 Å². The summed E-state index contributed by atoms with van der Waals surface area (Å²) in [5.41, 5.74) is 1.67. The molecule has 1 heterocycles. The molecule has 0 aliphatic carbocycles. The minimum Gasteiger partial charge on any atom is -0.330 e. The first-order valence-corrected chi connectivity index (χ1v) is 9.38. The van der Waals surface area contributed by atoms with E-state index in [9.17, 15) is 9.59 Å². The van der Waals surface area contributed by atoms with E-state index in [0.29, 0.717) is 27.8 Å². The molecule has 0 saturated carbocycles. The number of carbonyl (C=O) groups excluding carboxylic acids is 2. The third kappa shape index (κ3) is 4.52. The first-order valence-electron chi connectivity index (χ1n) is 8.62. The summed E-state index contributed by atoms with van der Waals surface area (Å²) in [6, 6.07) is 13.8. The molecular weight excluding hydrogens is 399 g/mol. The van der Waals surface area contributed by atoms with Crippen molar-refractivity contribution in [1.82, 2.24) is 14.7 Å². The second kappa shape index (κ2) is 8.91. The zero-order valence-electron chi connectivity index (χ0n) is 15.1. The van der Waals surface area contributed by atoms with E-state index in [-0.39, 0.29) is 18.4 Å². The van der Waals surface area contributed by atoms with E-state index in [1.807, 2.05) is 19.2 Å². The Morgan fingerprint density at radius 3 is 2.32 bits per heavy atom. The fraction of sp³-hybridized carbons (Fsp3) is 0.150. The highest BCUT2D eigenvalue weighted by Gasteiger charge is 2.19. The highest BCUT2D eigenvalue weighted by molar-refractivity contribution is 6.39. The highest BCUT2D eigenvalue weighted by atomic mass is 35.5. The maximum absolute atomic E-state index is 12.8. The lowest BCUT2D eigenvalue weighted by Crippen LogP contribution is -2.38. The highest BCUT2D eigenvalue weighted by Crippen LogP contribution is 2.29. The van der Waals surface area contributed by atoms with E-state index in [1.165, 1.54) is 4.90 Å². The standard InChI is InChI=1S/C20H18Cl2N4O2/c1-2-25(13-18(27)24-19-16(21)5-3-6-17(19)22)20(28)14-7-9-15(10-8-14)26-12-4-11-23-26/h3-12H,2,13H2,1H3,(H,24,27). The average molecular weight is 417 g/mol. The van der Waals surface area contributed by atoms with Gasteiger partial charge >= 0.3 is 0 Å². The summed E-state index contributed by atoms with van der Waals surface area (Å²) in [6.07, 6.45) is 3.50. The smallest absolute Gasteiger partial charge is 0.254 e. The molecule has 28 heavy (non-hydrogen) atoms. The molecule has 0 unspecified atom stereocenters. The summed E-state index contributed by atoms with van der Waals surface area (Å²) in [4.78, 5) is 26.6. The quantitative estimate of drug-likeness (QED) is 0.651. The molecule has 0 bridgehead atoms. The van der Waals surface area contributed by atoms with Gasteiger partial charge in [0, 0.05) is 24.5 Å². The third-order valence-electron chi connectivity index (χ3n) is 4.11. The molecule has 6 nitrogen and oxygen atoms in total. The number of rotatable bonds is 6. The number of nitrogens with zero attached hydrogens (tertiary/aromatic N) is 3. The Morgan fingerprint density at radius 1 is 1.07 bits per heavy atom. The van der Waals surface area contributed by atoms with Crippen molar-refractivity contribution < 1.29 is 9.59 Å². The van der Waals surface area contributed by atoms with Crippen molar-refractivity contribution >= 4 is 40.7 Å². The van der Waals surface area contributed by atoms with Gasteiger partial charge in [-0.15, -0.1) is 0 Å². The predicted octanol–water partition coefficient (Wildman–Crippen LogP) is 4.28. The van der Waals surface area contributed by atoms with E-state index in [0.717, 1.165) is 5.69 Å². The van der Waals surface area contributed by atoms with Crippen molar-refractivity contribution in [1.29, 1.82) is 0 Å². The maximum atomic E-state index is 12.8. The van der Waals surface area contributed by atoms with Gasteiger partial charge in [0.15, 0.2) is 0 Å². The lowest BCUT2D eigenvalue weighted by atomic mass is 10.1. The minimum atomic E-state index is -0.377. The topological polar surface area (TPSA) is 67.2 Å². The van der Waals surface area contributed by atoms with Crippen LogP contribution in [-0.4, -0.2) is 39.6 Å².